The Kier molecular flexibility index (Phi) is 3.54. The van der Waals surface area contributed by atoms with Crippen LogP contribution >= 0.6 is 15.9 Å². The van der Waals surface area contributed by atoms with Gasteiger partial charge in [0.2, 0.25) is 5.91 Å². The highest BCUT2D eigenvalue weighted by Gasteiger charge is 2.56. The summed E-state index contributed by atoms with van der Waals surface area (Å²) in [4.78, 5) is 23.6. The van der Waals surface area contributed by atoms with Crippen molar-refractivity contribution in [3.63, 3.8) is 0 Å². The molecular weight excluding hydrogens is 322 g/mol. The first-order valence-electron chi connectivity index (χ1n) is 6.86. The molecule has 3 atom stereocenters. The molecule has 0 bridgehead atoms. The van der Waals surface area contributed by atoms with Gasteiger partial charge < -0.3 is 10.4 Å². The maximum atomic E-state index is 12.2. The summed E-state index contributed by atoms with van der Waals surface area (Å²) in [5.74, 6) is -0.0914. The molecule has 2 aliphatic carbocycles. The van der Waals surface area contributed by atoms with E-state index in [1.165, 1.54) is 6.42 Å². The fraction of sp³-hybridized carbons (Fsp3) is 0.467. The van der Waals surface area contributed by atoms with Crippen molar-refractivity contribution in [2.75, 3.05) is 0 Å². The second kappa shape index (κ2) is 5.20. The molecular formula is C15H16BrNO3. The average molecular weight is 338 g/mol. The van der Waals surface area contributed by atoms with Gasteiger partial charge in [0.15, 0.2) is 6.04 Å². The number of rotatable bonds is 4. The summed E-state index contributed by atoms with van der Waals surface area (Å²) in [6, 6.07) is 6.04. The molecule has 1 aromatic rings. The number of benzene rings is 1. The molecule has 20 heavy (non-hydrogen) atoms. The highest BCUT2D eigenvalue weighted by Crippen LogP contribution is 2.57. The highest BCUT2D eigenvalue weighted by molar-refractivity contribution is 9.10. The van der Waals surface area contributed by atoms with E-state index in [9.17, 15) is 14.7 Å². The molecule has 5 heteroatoms. The quantitative estimate of drug-likeness (QED) is 0.887. The van der Waals surface area contributed by atoms with Crippen LogP contribution in [0.3, 0.4) is 0 Å². The number of fused-ring (bicyclic) bond motifs is 1. The minimum absolute atomic E-state index is 0.0426. The predicted molar refractivity (Wildman–Crippen MR) is 77.0 cm³/mol. The molecule has 106 valence electrons. The van der Waals surface area contributed by atoms with E-state index in [1.807, 2.05) is 0 Å². The van der Waals surface area contributed by atoms with Crippen molar-refractivity contribution in [3.05, 3.63) is 34.3 Å². The molecule has 3 rings (SSSR count). The van der Waals surface area contributed by atoms with E-state index in [-0.39, 0.29) is 11.8 Å². The van der Waals surface area contributed by atoms with Crippen molar-refractivity contribution in [2.24, 2.45) is 17.8 Å². The molecule has 3 unspecified atom stereocenters. The Hall–Kier alpha value is -1.36. The van der Waals surface area contributed by atoms with Crippen molar-refractivity contribution in [2.45, 2.75) is 25.3 Å². The van der Waals surface area contributed by atoms with Crippen LogP contribution in [-0.2, 0) is 9.59 Å². The normalized spacial score (nSPS) is 28.6. The number of carboxylic acid groups (broad SMARTS) is 1. The van der Waals surface area contributed by atoms with E-state index in [2.05, 4.69) is 21.2 Å². The summed E-state index contributed by atoms with van der Waals surface area (Å²) >= 11 is 3.31. The summed E-state index contributed by atoms with van der Waals surface area (Å²) < 4.78 is 0.883. The van der Waals surface area contributed by atoms with Crippen LogP contribution in [0.2, 0.25) is 0 Å². The second-order valence-corrected chi connectivity index (χ2v) is 6.53. The monoisotopic (exact) mass is 337 g/mol. The van der Waals surface area contributed by atoms with Gasteiger partial charge in [0, 0.05) is 10.4 Å². The van der Waals surface area contributed by atoms with Crippen LogP contribution in [0.25, 0.3) is 0 Å². The fourth-order valence-corrected chi connectivity index (χ4v) is 3.66. The van der Waals surface area contributed by atoms with Crippen LogP contribution in [0, 0.1) is 17.8 Å². The predicted octanol–water partition coefficient (Wildman–Crippen LogP) is 2.74. The lowest BCUT2D eigenvalue weighted by atomic mass is 10.1. The highest BCUT2D eigenvalue weighted by atomic mass is 79.9. The van der Waals surface area contributed by atoms with E-state index < -0.39 is 12.0 Å². The van der Waals surface area contributed by atoms with Gasteiger partial charge in [-0.1, -0.05) is 34.5 Å². The van der Waals surface area contributed by atoms with E-state index in [1.54, 1.807) is 24.3 Å². The first-order valence-corrected chi connectivity index (χ1v) is 7.66. The Bertz CT molecular complexity index is 533. The third-order valence-corrected chi connectivity index (χ3v) is 4.97. The van der Waals surface area contributed by atoms with Crippen LogP contribution in [-0.4, -0.2) is 17.0 Å². The van der Waals surface area contributed by atoms with Gasteiger partial charge in [0.05, 0.1) is 0 Å². The number of carbonyl (C=O) groups excluding carboxylic acids is 1. The average Bonchev–Trinajstić information content (AvgIpc) is 2.90. The second-order valence-electron chi connectivity index (χ2n) is 5.62. The largest absolute Gasteiger partial charge is 0.479 e. The Balaban J connectivity index is 1.70. The van der Waals surface area contributed by atoms with Gasteiger partial charge in [-0.2, -0.15) is 0 Å². The van der Waals surface area contributed by atoms with Crippen molar-refractivity contribution >= 4 is 27.8 Å². The molecule has 0 aliphatic heterocycles. The number of hydrogen-bond donors (Lipinski definition) is 2. The maximum Gasteiger partial charge on any atom is 0.330 e. The smallest absolute Gasteiger partial charge is 0.330 e. The molecule has 0 spiro atoms. The van der Waals surface area contributed by atoms with Crippen molar-refractivity contribution < 1.29 is 14.7 Å². The first-order chi connectivity index (χ1) is 9.58. The summed E-state index contributed by atoms with van der Waals surface area (Å²) in [7, 11) is 0. The van der Waals surface area contributed by atoms with E-state index in [0.29, 0.717) is 17.4 Å². The summed E-state index contributed by atoms with van der Waals surface area (Å²) in [6.07, 6.45) is 3.42. The molecule has 0 aromatic heterocycles. The molecule has 2 fully saturated rings. The fourth-order valence-electron chi connectivity index (χ4n) is 3.39. The molecule has 2 saturated carbocycles. The van der Waals surface area contributed by atoms with Gasteiger partial charge in [-0.15, -0.1) is 0 Å². The molecule has 2 N–H and O–H groups in total. The molecule has 4 nitrogen and oxygen atoms in total. The first kappa shape index (κ1) is 13.6. The Morgan fingerprint density at radius 2 is 1.80 bits per heavy atom. The SMILES string of the molecule is O=C(O)C(NC(=O)C1C2CCCC21)c1ccc(Br)cc1. The molecule has 0 radical (unpaired) electrons. The van der Waals surface area contributed by atoms with Crippen molar-refractivity contribution in [1.82, 2.24) is 5.32 Å². The standard InChI is InChI=1S/C15H16BrNO3/c16-9-6-4-8(5-7-9)13(15(19)20)17-14(18)12-10-2-1-3-11(10)12/h4-7,10-13H,1-3H2,(H,17,18)(H,19,20). The van der Waals surface area contributed by atoms with E-state index in [0.717, 1.165) is 17.3 Å². The summed E-state index contributed by atoms with van der Waals surface area (Å²) in [5.41, 5.74) is 0.597. The number of carbonyl (C=O) groups is 2. The molecule has 0 saturated heterocycles. The lowest BCUT2D eigenvalue weighted by Gasteiger charge is -2.15. The van der Waals surface area contributed by atoms with Crippen LogP contribution in [0.1, 0.15) is 30.9 Å². The van der Waals surface area contributed by atoms with Gasteiger partial charge in [0.25, 0.3) is 0 Å². The zero-order valence-electron chi connectivity index (χ0n) is 10.9. The van der Waals surface area contributed by atoms with E-state index in [4.69, 9.17) is 0 Å². The van der Waals surface area contributed by atoms with E-state index >= 15 is 0 Å². The number of halogens is 1. The molecule has 1 amide bonds. The lowest BCUT2D eigenvalue weighted by molar-refractivity contribution is -0.142. The zero-order valence-corrected chi connectivity index (χ0v) is 12.5. The number of nitrogens with one attached hydrogen (secondary N) is 1. The van der Waals surface area contributed by atoms with Crippen molar-refractivity contribution in [1.29, 1.82) is 0 Å². The third-order valence-electron chi connectivity index (χ3n) is 4.45. The number of hydrogen-bond acceptors (Lipinski definition) is 2. The van der Waals surface area contributed by atoms with Crippen LogP contribution in [0.5, 0.6) is 0 Å². The topological polar surface area (TPSA) is 66.4 Å². The van der Waals surface area contributed by atoms with Gasteiger partial charge >= 0.3 is 5.97 Å². The number of amides is 1. The minimum atomic E-state index is -1.02. The molecule has 1 aromatic carbocycles. The van der Waals surface area contributed by atoms with Gasteiger partial charge in [0.1, 0.15) is 0 Å². The van der Waals surface area contributed by atoms with Crippen LogP contribution in [0.4, 0.5) is 0 Å². The van der Waals surface area contributed by atoms with Gasteiger partial charge in [-0.25, -0.2) is 4.79 Å². The Morgan fingerprint density at radius 1 is 1.20 bits per heavy atom. The summed E-state index contributed by atoms with van der Waals surface area (Å²) in [5, 5.41) is 12.0. The van der Waals surface area contributed by atoms with Crippen LogP contribution in [0.15, 0.2) is 28.7 Å². The molecule has 2 aliphatic rings. The number of carboxylic acids is 1. The maximum absolute atomic E-state index is 12.2. The molecule has 0 heterocycles. The van der Waals surface area contributed by atoms with Crippen molar-refractivity contribution in [3.8, 4) is 0 Å². The number of aliphatic carboxylic acids is 1. The summed E-state index contributed by atoms with van der Waals surface area (Å²) in [6.45, 7) is 0. The third kappa shape index (κ3) is 2.46. The Labute approximate surface area is 125 Å². The lowest BCUT2D eigenvalue weighted by Crippen LogP contribution is -2.35. The van der Waals surface area contributed by atoms with Gasteiger partial charge in [-0.3, -0.25) is 4.79 Å². The Morgan fingerprint density at radius 3 is 2.35 bits per heavy atom. The van der Waals surface area contributed by atoms with Crippen LogP contribution < -0.4 is 5.32 Å². The zero-order chi connectivity index (χ0) is 14.3. The van der Waals surface area contributed by atoms with Gasteiger partial charge in [-0.05, 0) is 42.4 Å². The minimum Gasteiger partial charge on any atom is -0.479 e.